The van der Waals surface area contributed by atoms with Crippen LogP contribution in [0, 0.1) is 31.0 Å². The molecule has 124 valence electrons. The average Bonchev–Trinajstić information content (AvgIpc) is 2.52. The first kappa shape index (κ1) is 18.0. The summed E-state index contributed by atoms with van der Waals surface area (Å²) in [4.78, 5) is 18.2. The number of benzene rings is 1. The first-order chi connectivity index (χ1) is 11.4. The zero-order chi connectivity index (χ0) is 17.7. The molecule has 0 bridgehead atoms. The minimum absolute atomic E-state index is 0.103. The van der Waals surface area contributed by atoms with Crippen molar-refractivity contribution < 1.29 is 9.18 Å². The Hall–Kier alpha value is -2.39. The van der Waals surface area contributed by atoms with Crippen molar-refractivity contribution in [2.75, 3.05) is 12.8 Å². The summed E-state index contributed by atoms with van der Waals surface area (Å²) in [6.07, 6.45) is 0. The Balaban J connectivity index is 2.02. The third-order valence-corrected chi connectivity index (χ3v) is 4.45. The van der Waals surface area contributed by atoms with Crippen LogP contribution < -0.4 is 0 Å². The van der Waals surface area contributed by atoms with E-state index in [1.165, 1.54) is 28.8 Å². The molecule has 0 saturated heterocycles. The van der Waals surface area contributed by atoms with Gasteiger partial charge >= 0.3 is 0 Å². The second kappa shape index (κ2) is 7.93. The first-order valence-electron chi connectivity index (χ1n) is 7.40. The number of hydrogen-bond acceptors (Lipinski definition) is 4. The van der Waals surface area contributed by atoms with Crippen LogP contribution in [0.2, 0.25) is 0 Å². The van der Waals surface area contributed by atoms with Gasteiger partial charge in [0.25, 0.3) is 0 Å². The highest BCUT2D eigenvalue weighted by molar-refractivity contribution is 8.00. The number of carbonyl (C=O) groups excluding carboxylic acids is 1. The zero-order valence-electron chi connectivity index (χ0n) is 13.8. The Morgan fingerprint density at radius 1 is 1.38 bits per heavy atom. The van der Waals surface area contributed by atoms with Gasteiger partial charge in [-0.1, -0.05) is 23.9 Å². The van der Waals surface area contributed by atoms with Crippen LogP contribution in [-0.2, 0) is 11.3 Å². The molecule has 0 aliphatic heterocycles. The van der Waals surface area contributed by atoms with E-state index in [1.807, 2.05) is 19.9 Å². The molecule has 24 heavy (non-hydrogen) atoms. The second-order valence-electron chi connectivity index (χ2n) is 5.54. The van der Waals surface area contributed by atoms with Gasteiger partial charge in [-0.2, -0.15) is 5.26 Å². The SMILES string of the molecule is Cc1cc(C)c(C#N)c(SCC(=O)N(C)Cc2cccc(F)c2)n1. The van der Waals surface area contributed by atoms with Crippen LogP contribution in [0.5, 0.6) is 0 Å². The molecule has 1 aromatic carbocycles. The van der Waals surface area contributed by atoms with Crippen molar-refractivity contribution in [3.05, 3.63) is 58.5 Å². The molecule has 4 nitrogen and oxygen atoms in total. The summed E-state index contributed by atoms with van der Waals surface area (Å²) in [6, 6.07) is 10.2. The molecule has 2 aromatic rings. The van der Waals surface area contributed by atoms with Crippen LogP contribution in [-0.4, -0.2) is 28.6 Å². The van der Waals surface area contributed by atoms with Gasteiger partial charge in [-0.05, 0) is 43.2 Å². The largest absolute Gasteiger partial charge is 0.341 e. The molecule has 1 heterocycles. The maximum atomic E-state index is 13.2. The maximum absolute atomic E-state index is 13.2. The summed E-state index contributed by atoms with van der Waals surface area (Å²) < 4.78 is 13.2. The van der Waals surface area contributed by atoms with Gasteiger partial charge < -0.3 is 4.90 Å². The lowest BCUT2D eigenvalue weighted by Gasteiger charge is -2.17. The van der Waals surface area contributed by atoms with E-state index in [4.69, 9.17) is 0 Å². The Morgan fingerprint density at radius 3 is 2.79 bits per heavy atom. The predicted octanol–water partition coefficient (Wildman–Crippen LogP) is 3.46. The Kier molecular flexibility index (Phi) is 5.93. The minimum Gasteiger partial charge on any atom is -0.341 e. The van der Waals surface area contributed by atoms with Crippen LogP contribution in [0.4, 0.5) is 4.39 Å². The molecule has 0 spiro atoms. The summed E-state index contributed by atoms with van der Waals surface area (Å²) in [6.45, 7) is 4.05. The number of thioether (sulfide) groups is 1. The van der Waals surface area contributed by atoms with Gasteiger partial charge in [0.05, 0.1) is 11.3 Å². The molecular weight excluding hydrogens is 325 g/mol. The van der Waals surface area contributed by atoms with Crippen LogP contribution in [0.15, 0.2) is 35.4 Å². The normalized spacial score (nSPS) is 10.3. The quantitative estimate of drug-likeness (QED) is 0.780. The van der Waals surface area contributed by atoms with E-state index in [-0.39, 0.29) is 17.5 Å². The van der Waals surface area contributed by atoms with Gasteiger partial charge in [-0.15, -0.1) is 0 Å². The Morgan fingerprint density at radius 2 is 2.12 bits per heavy atom. The predicted molar refractivity (Wildman–Crippen MR) is 92.0 cm³/mol. The fraction of sp³-hybridized carbons (Fsp3) is 0.278. The summed E-state index contributed by atoms with van der Waals surface area (Å²) in [5, 5.41) is 9.82. The van der Waals surface area contributed by atoms with E-state index >= 15 is 0 Å². The standard InChI is InChI=1S/C18H18FN3OS/c1-12-7-13(2)21-18(16(12)9-20)24-11-17(23)22(3)10-14-5-4-6-15(19)8-14/h4-8H,10-11H2,1-3H3. The van der Waals surface area contributed by atoms with Gasteiger partial charge in [0.15, 0.2) is 0 Å². The molecule has 2 rings (SSSR count). The highest BCUT2D eigenvalue weighted by Crippen LogP contribution is 2.24. The van der Waals surface area contributed by atoms with E-state index < -0.39 is 0 Å². The van der Waals surface area contributed by atoms with Crippen LogP contribution >= 0.6 is 11.8 Å². The van der Waals surface area contributed by atoms with Crippen molar-refractivity contribution >= 4 is 17.7 Å². The molecule has 0 aliphatic carbocycles. The third-order valence-electron chi connectivity index (χ3n) is 3.49. The van der Waals surface area contributed by atoms with Gasteiger partial charge in [0, 0.05) is 19.3 Å². The van der Waals surface area contributed by atoms with Gasteiger partial charge in [-0.3, -0.25) is 4.79 Å². The molecule has 0 radical (unpaired) electrons. The number of hydrogen-bond donors (Lipinski definition) is 0. The van der Waals surface area contributed by atoms with Crippen molar-refractivity contribution in [2.45, 2.75) is 25.4 Å². The van der Waals surface area contributed by atoms with E-state index in [0.29, 0.717) is 17.1 Å². The molecule has 0 unspecified atom stereocenters. The van der Waals surface area contributed by atoms with E-state index in [9.17, 15) is 14.4 Å². The molecule has 6 heteroatoms. The fourth-order valence-corrected chi connectivity index (χ4v) is 3.32. The lowest BCUT2D eigenvalue weighted by molar-refractivity contribution is -0.127. The summed E-state index contributed by atoms with van der Waals surface area (Å²) in [5.74, 6) is -0.244. The lowest BCUT2D eigenvalue weighted by Crippen LogP contribution is -2.27. The molecule has 0 aliphatic rings. The molecule has 1 aromatic heterocycles. The lowest BCUT2D eigenvalue weighted by atomic mass is 10.1. The second-order valence-corrected chi connectivity index (χ2v) is 6.50. The number of amides is 1. The van der Waals surface area contributed by atoms with Gasteiger partial charge in [-0.25, -0.2) is 9.37 Å². The molecular formula is C18H18FN3OS. The van der Waals surface area contributed by atoms with Crippen LogP contribution in [0.25, 0.3) is 0 Å². The number of aromatic nitrogens is 1. The summed E-state index contributed by atoms with van der Waals surface area (Å²) >= 11 is 1.25. The van der Waals surface area contributed by atoms with Crippen molar-refractivity contribution in [3.63, 3.8) is 0 Å². The fourth-order valence-electron chi connectivity index (χ4n) is 2.28. The number of carbonyl (C=O) groups is 1. The Bertz CT molecular complexity index is 801. The smallest absolute Gasteiger partial charge is 0.233 e. The van der Waals surface area contributed by atoms with Crippen molar-refractivity contribution in [1.82, 2.24) is 9.88 Å². The van der Waals surface area contributed by atoms with Crippen LogP contribution in [0.3, 0.4) is 0 Å². The van der Waals surface area contributed by atoms with Gasteiger partial charge in [0.2, 0.25) is 5.91 Å². The van der Waals surface area contributed by atoms with Crippen LogP contribution in [0.1, 0.15) is 22.4 Å². The van der Waals surface area contributed by atoms with E-state index in [1.54, 1.807) is 19.2 Å². The average molecular weight is 343 g/mol. The number of aryl methyl sites for hydroxylation is 2. The van der Waals surface area contributed by atoms with Crippen molar-refractivity contribution in [1.29, 1.82) is 5.26 Å². The first-order valence-corrected chi connectivity index (χ1v) is 8.39. The number of rotatable bonds is 5. The number of pyridine rings is 1. The summed E-state index contributed by atoms with van der Waals surface area (Å²) in [5.41, 5.74) is 2.91. The molecule has 0 fully saturated rings. The van der Waals surface area contributed by atoms with E-state index in [0.717, 1.165) is 16.8 Å². The minimum atomic E-state index is -0.319. The topological polar surface area (TPSA) is 57.0 Å². The number of nitriles is 1. The molecule has 0 atom stereocenters. The molecule has 0 saturated carbocycles. The third kappa shape index (κ3) is 4.56. The highest BCUT2D eigenvalue weighted by atomic mass is 32.2. The number of halogens is 1. The summed E-state index contributed by atoms with van der Waals surface area (Å²) in [7, 11) is 1.67. The Labute approximate surface area is 145 Å². The zero-order valence-corrected chi connectivity index (χ0v) is 14.7. The highest BCUT2D eigenvalue weighted by Gasteiger charge is 2.14. The van der Waals surface area contributed by atoms with Crippen molar-refractivity contribution in [3.8, 4) is 6.07 Å². The van der Waals surface area contributed by atoms with Gasteiger partial charge in [0.1, 0.15) is 16.9 Å². The maximum Gasteiger partial charge on any atom is 0.233 e. The molecule has 0 N–H and O–H groups in total. The molecule has 1 amide bonds. The van der Waals surface area contributed by atoms with E-state index in [2.05, 4.69) is 11.1 Å². The monoisotopic (exact) mass is 343 g/mol. The number of nitrogens with zero attached hydrogens (tertiary/aromatic N) is 3. The van der Waals surface area contributed by atoms with Crippen molar-refractivity contribution in [2.24, 2.45) is 0 Å².